The largest absolute Gasteiger partial charge is 0.495 e. The van der Waals surface area contributed by atoms with E-state index < -0.39 is 12.0 Å². The molecule has 11 heteroatoms. The first-order valence-corrected chi connectivity index (χ1v) is 13.2. The molecule has 0 radical (unpaired) electrons. The SMILES string of the molecule is COCC(=O)Nc1cc(N2C(=S)N[C@@H](c3ccccn3)[C@H]2c2cccn2-c2ccccc2C(=O)OC)ccc1OC. The van der Waals surface area contributed by atoms with Gasteiger partial charge in [0.2, 0.25) is 5.91 Å². The second kappa shape index (κ2) is 12.2. The van der Waals surface area contributed by atoms with Gasteiger partial charge in [0.1, 0.15) is 18.4 Å². The molecule has 1 amide bonds. The Morgan fingerprint density at radius 1 is 1.02 bits per heavy atom. The number of hydrogen-bond donors (Lipinski definition) is 2. The summed E-state index contributed by atoms with van der Waals surface area (Å²) in [4.78, 5) is 31.7. The average Bonchev–Trinajstić information content (AvgIpc) is 3.61. The summed E-state index contributed by atoms with van der Waals surface area (Å²) in [5, 5.41) is 6.77. The van der Waals surface area contributed by atoms with E-state index in [4.69, 9.17) is 26.4 Å². The van der Waals surface area contributed by atoms with Gasteiger partial charge < -0.3 is 34.3 Å². The normalized spacial score (nSPS) is 16.3. The van der Waals surface area contributed by atoms with Gasteiger partial charge in [0.15, 0.2) is 5.11 Å². The number of anilines is 2. The number of carbonyl (C=O) groups excluding carboxylic acids is 2. The molecule has 2 aromatic heterocycles. The maximum atomic E-state index is 12.7. The molecule has 2 atom stereocenters. The van der Waals surface area contributed by atoms with Crippen molar-refractivity contribution in [2.45, 2.75) is 12.1 Å². The third kappa shape index (κ3) is 5.49. The van der Waals surface area contributed by atoms with Crippen molar-refractivity contribution in [1.82, 2.24) is 14.9 Å². The molecule has 10 nitrogen and oxygen atoms in total. The van der Waals surface area contributed by atoms with Crippen molar-refractivity contribution in [2.75, 3.05) is 38.2 Å². The van der Waals surface area contributed by atoms with Gasteiger partial charge in [0.05, 0.1) is 42.9 Å². The van der Waals surface area contributed by atoms with Crippen molar-refractivity contribution in [3.63, 3.8) is 0 Å². The lowest BCUT2D eigenvalue weighted by atomic mass is 10.00. The number of amides is 1. The molecule has 2 N–H and O–H groups in total. The number of para-hydroxylation sites is 1. The minimum Gasteiger partial charge on any atom is -0.495 e. The van der Waals surface area contributed by atoms with E-state index in [9.17, 15) is 9.59 Å². The molecule has 1 aliphatic heterocycles. The Morgan fingerprint density at radius 2 is 1.83 bits per heavy atom. The lowest BCUT2D eigenvalue weighted by molar-refractivity contribution is -0.119. The first-order chi connectivity index (χ1) is 20.0. The van der Waals surface area contributed by atoms with Crippen LogP contribution in [-0.2, 0) is 14.3 Å². The number of nitrogens with zero attached hydrogens (tertiary/aromatic N) is 3. The molecule has 3 heterocycles. The maximum absolute atomic E-state index is 12.7. The van der Waals surface area contributed by atoms with Crippen LogP contribution < -0.4 is 20.3 Å². The Morgan fingerprint density at radius 3 is 2.56 bits per heavy atom. The molecule has 2 aromatic carbocycles. The predicted octanol–water partition coefficient (Wildman–Crippen LogP) is 4.43. The van der Waals surface area contributed by atoms with Crippen LogP contribution in [0.4, 0.5) is 11.4 Å². The highest BCUT2D eigenvalue weighted by Crippen LogP contribution is 2.44. The van der Waals surface area contributed by atoms with E-state index in [1.165, 1.54) is 21.3 Å². The Labute approximate surface area is 242 Å². The van der Waals surface area contributed by atoms with Gasteiger partial charge in [0, 0.05) is 30.9 Å². The van der Waals surface area contributed by atoms with Crippen LogP contribution in [0, 0.1) is 0 Å². The zero-order chi connectivity index (χ0) is 28.9. The summed E-state index contributed by atoms with van der Waals surface area (Å²) in [5.41, 5.74) is 3.92. The number of rotatable bonds is 9. The van der Waals surface area contributed by atoms with Crippen molar-refractivity contribution >= 4 is 40.6 Å². The van der Waals surface area contributed by atoms with Gasteiger partial charge in [-0.2, -0.15) is 0 Å². The molecule has 0 aliphatic carbocycles. The van der Waals surface area contributed by atoms with E-state index >= 15 is 0 Å². The Kier molecular flexibility index (Phi) is 8.27. The number of thiocarbonyl (C=S) groups is 1. The highest BCUT2D eigenvalue weighted by atomic mass is 32.1. The average molecular weight is 572 g/mol. The molecule has 1 aliphatic rings. The lowest BCUT2D eigenvalue weighted by Gasteiger charge is -2.29. The third-order valence-corrected chi connectivity index (χ3v) is 7.08. The number of carbonyl (C=O) groups is 2. The van der Waals surface area contributed by atoms with Gasteiger partial charge in [-0.05, 0) is 66.8 Å². The summed E-state index contributed by atoms with van der Waals surface area (Å²) >= 11 is 5.90. The summed E-state index contributed by atoms with van der Waals surface area (Å²) in [7, 11) is 4.35. The predicted molar refractivity (Wildman–Crippen MR) is 159 cm³/mol. The van der Waals surface area contributed by atoms with E-state index in [1.54, 1.807) is 24.4 Å². The molecule has 0 bridgehead atoms. The number of pyridine rings is 1. The van der Waals surface area contributed by atoms with E-state index in [0.29, 0.717) is 33.5 Å². The number of ether oxygens (including phenoxy) is 3. The fourth-order valence-electron chi connectivity index (χ4n) is 5.02. The summed E-state index contributed by atoms with van der Waals surface area (Å²) in [6.45, 7) is -0.103. The first kappa shape index (κ1) is 27.8. The zero-order valence-electron chi connectivity index (χ0n) is 22.7. The van der Waals surface area contributed by atoms with E-state index in [-0.39, 0.29) is 18.6 Å². The molecule has 1 fully saturated rings. The van der Waals surface area contributed by atoms with Crippen LogP contribution in [-0.4, -0.2) is 54.5 Å². The van der Waals surface area contributed by atoms with Gasteiger partial charge in [-0.15, -0.1) is 0 Å². The smallest absolute Gasteiger partial charge is 0.339 e. The fourth-order valence-corrected chi connectivity index (χ4v) is 5.36. The molecule has 0 unspecified atom stereocenters. The van der Waals surface area contributed by atoms with Gasteiger partial charge in [0.25, 0.3) is 0 Å². The Balaban J connectivity index is 1.66. The van der Waals surface area contributed by atoms with Crippen molar-refractivity contribution in [2.24, 2.45) is 0 Å². The molecule has 210 valence electrons. The molecule has 5 rings (SSSR count). The van der Waals surface area contributed by atoms with Crippen LogP contribution in [0.3, 0.4) is 0 Å². The van der Waals surface area contributed by atoms with E-state index in [2.05, 4.69) is 15.6 Å². The summed E-state index contributed by atoms with van der Waals surface area (Å²) in [5.74, 6) is -0.268. The van der Waals surface area contributed by atoms with Gasteiger partial charge in [-0.25, -0.2) is 4.79 Å². The topological polar surface area (TPSA) is 107 Å². The fraction of sp³-hybridized carbons (Fsp3) is 0.200. The van der Waals surface area contributed by atoms with Crippen molar-refractivity contribution < 1.29 is 23.8 Å². The molecule has 1 saturated heterocycles. The van der Waals surface area contributed by atoms with Crippen molar-refractivity contribution in [1.29, 1.82) is 0 Å². The maximum Gasteiger partial charge on any atom is 0.339 e. The van der Waals surface area contributed by atoms with Crippen molar-refractivity contribution in [3.8, 4) is 11.4 Å². The molecular weight excluding hydrogens is 542 g/mol. The second-order valence-corrected chi connectivity index (χ2v) is 9.56. The van der Waals surface area contributed by atoms with E-state index in [0.717, 1.165) is 11.4 Å². The molecule has 4 aromatic rings. The number of hydrogen-bond acceptors (Lipinski definition) is 7. The molecule has 0 saturated carbocycles. The number of nitrogens with one attached hydrogen (secondary N) is 2. The third-order valence-electron chi connectivity index (χ3n) is 6.76. The minimum atomic E-state index is -0.440. The summed E-state index contributed by atoms with van der Waals surface area (Å²) in [6, 6.07) is 21.6. The number of benzene rings is 2. The second-order valence-electron chi connectivity index (χ2n) is 9.17. The summed E-state index contributed by atoms with van der Waals surface area (Å²) < 4.78 is 17.5. The molecule has 41 heavy (non-hydrogen) atoms. The highest BCUT2D eigenvalue weighted by molar-refractivity contribution is 7.80. The number of esters is 1. The highest BCUT2D eigenvalue weighted by Gasteiger charge is 2.42. The van der Waals surface area contributed by atoms with Crippen LogP contribution in [0.5, 0.6) is 5.75 Å². The Hall–Kier alpha value is -4.74. The van der Waals surface area contributed by atoms with Gasteiger partial charge >= 0.3 is 5.97 Å². The summed E-state index contributed by atoms with van der Waals surface area (Å²) in [6.07, 6.45) is 3.64. The number of aromatic nitrogens is 2. The van der Waals surface area contributed by atoms with E-state index in [1.807, 2.05) is 70.3 Å². The minimum absolute atomic E-state index is 0.103. The standard InChI is InChI=1S/C30H29N5O5S/c1-38-18-26(36)32-22-17-19(13-14-25(22)39-2)35-28(27(33-30(35)41)21-10-6-7-15-31-21)24-12-8-16-34(24)23-11-5-4-9-20(23)29(37)40-3/h4-17,27-28H,18H2,1-3H3,(H,32,36)(H,33,41)/t27-,28+/m0/s1. The van der Waals surface area contributed by atoms with Gasteiger partial charge in [-0.3, -0.25) is 9.78 Å². The van der Waals surface area contributed by atoms with Crippen LogP contribution in [0.2, 0.25) is 0 Å². The lowest BCUT2D eigenvalue weighted by Crippen LogP contribution is -2.30. The van der Waals surface area contributed by atoms with Crippen molar-refractivity contribution in [3.05, 3.63) is 102 Å². The monoisotopic (exact) mass is 571 g/mol. The Bertz CT molecular complexity index is 1570. The zero-order valence-corrected chi connectivity index (χ0v) is 23.6. The molecular formula is C30H29N5O5S. The quantitative estimate of drug-likeness (QED) is 0.223. The van der Waals surface area contributed by atoms with Gasteiger partial charge in [-0.1, -0.05) is 18.2 Å². The van der Waals surface area contributed by atoms with Crippen LogP contribution in [0.15, 0.2) is 85.2 Å². The first-order valence-electron chi connectivity index (χ1n) is 12.8. The number of methoxy groups -OCH3 is 3. The molecule has 0 spiro atoms. The van der Waals surface area contributed by atoms with Crippen LogP contribution >= 0.6 is 12.2 Å². The van der Waals surface area contributed by atoms with Crippen LogP contribution in [0.1, 0.15) is 33.8 Å². The van der Waals surface area contributed by atoms with Crippen LogP contribution in [0.25, 0.3) is 5.69 Å².